The van der Waals surface area contributed by atoms with Crippen molar-refractivity contribution in [2.24, 2.45) is 5.41 Å². The molecular weight excluding hydrogens is 414 g/mol. The molecule has 2 fully saturated rings. The van der Waals surface area contributed by atoms with Crippen molar-refractivity contribution in [1.82, 2.24) is 25.5 Å². The minimum absolute atomic E-state index is 0.00648. The average molecular weight is 447 g/mol. The highest BCUT2D eigenvalue weighted by Gasteiger charge is 2.41. The molecule has 2 N–H and O–H groups in total. The molecule has 0 aromatic carbocycles. The Balaban J connectivity index is 1.65. The topological polar surface area (TPSA) is 128 Å². The maximum absolute atomic E-state index is 12.7. The highest BCUT2D eigenvalue weighted by atomic mass is 16.8. The SMILES string of the molecule is CC(C)(C(=O)NCCC(=O)[15NH]C[13CH2][13C](=O)ON1C(=O)CCC1=O)C1C[15N]([13CH3])[13CH2][13CH2]N1[13CH3]. The molecule has 2 heterocycles. The first-order valence-electron chi connectivity index (χ1n) is 10.5. The Labute approximate surface area is 182 Å². The first-order chi connectivity index (χ1) is 14.5. The zero-order valence-corrected chi connectivity index (χ0v) is 18.7. The van der Waals surface area contributed by atoms with Crippen LogP contribution in [0.4, 0.5) is 0 Å². The second-order valence-corrected chi connectivity index (χ2v) is 8.63. The van der Waals surface area contributed by atoms with Gasteiger partial charge < -0.3 is 20.4 Å². The summed E-state index contributed by atoms with van der Waals surface area (Å²) in [5.41, 5.74) is -0.617. The van der Waals surface area contributed by atoms with Gasteiger partial charge in [-0.05, 0) is 27.9 Å². The summed E-state index contributed by atoms with van der Waals surface area (Å²) in [6.45, 7) is 6.65. The number of piperazine rings is 1. The van der Waals surface area contributed by atoms with Crippen molar-refractivity contribution in [2.75, 3.05) is 46.8 Å². The first kappa shape index (κ1) is 24.7. The van der Waals surface area contributed by atoms with Gasteiger partial charge >= 0.3 is 5.97 Å². The Morgan fingerprint density at radius 3 is 2.26 bits per heavy atom. The summed E-state index contributed by atoms with van der Waals surface area (Å²) in [7, 11) is 4.05. The Bertz CT molecular complexity index is 709. The molecule has 2 aliphatic heterocycles. The van der Waals surface area contributed by atoms with Crippen LogP contribution in [0.3, 0.4) is 0 Å². The molecule has 2 saturated heterocycles. The van der Waals surface area contributed by atoms with Crippen LogP contribution in [-0.2, 0) is 28.8 Å². The van der Waals surface area contributed by atoms with Crippen molar-refractivity contribution >= 4 is 29.6 Å². The van der Waals surface area contributed by atoms with Crippen LogP contribution in [0.25, 0.3) is 0 Å². The van der Waals surface area contributed by atoms with Gasteiger partial charge in [0.2, 0.25) is 11.8 Å². The molecule has 174 valence electrons. The molecule has 4 amide bonds. The number of amides is 4. The smallest absolute Gasteiger partial charge is 0.334 e. The van der Waals surface area contributed by atoms with E-state index < -0.39 is 23.2 Å². The van der Waals surface area contributed by atoms with E-state index in [-0.39, 0.29) is 56.6 Å². The lowest BCUT2D eigenvalue weighted by molar-refractivity contribution is -0.197. The van der Waals surface area contributed by atoms with Crippen molar-refractivity contribution in [3.8, 4) is 0 Å². The van der Waals surface area contributed by atoms with Crippen LogP contribution in [0.5, 0.6) is 0 Å². The predicted molar refractivity (Wildman–Crippen MR) is 110 cm³/mol. The largest absolute Gasteiger partial charge is 0.355 e. The van der Waals surface area contributed by atoms with Gasteiger partial charge in [-0.1, -0.05) is 0 Å². The molecule has 0 radical (unpaired) electrons. The molecule has 0 saturated carbocycles. The molecule has 1 unspecified atom stereocenters. The minimum Gasteiger partial charge on any atom is -0.355 e. The first-order valence-corrected chi connectivity index (χ1v) is 10.5. The summed E-state index contributed by atoms with van der Waals surface area (Å²) in [6, 6.07) is 0.0699. The van der Waals surface area contributed by atoms with Crippen molar-refractivity contribution in [2.45, 2.75) is 45.6 Å². The number of hydrogen-bond donors (Lipinski definition) is 2. The van der Waals surface area contributed by atoms with Crippen molar-refractivity contribution < 1.29 is 28.8 Å². The average Bonchev–Trinajstić information content (AvgIpc) is 3.01. The normalized spacial score (nSPS) is 20.6. The zero-order valence-electron chi connectivity index (χ0n) is 18.7. The van der Waals surface area contributed by atoms with E-state index in [1.165, 1.54) is 0 Å². The minimum atomic E-state index is -0.777. The van der Waals surface area contributed by atoms with Crippen LogP contribution >= 0.6 is 0 Å². The van der Waals surface area contributed by atoms with Crippen LogP contribution < -0.4 is 10.6 Å². The fourth-order valence-electron chi connectivity index (χ4n) is 3.66. The maximum atomic E-state index is 12.7. The third-order valence-electron chi connectivity index (χ3n) is 5.76. The quantitative estimate of drug-likeness (QED) is 0.258. The number of carbonyl (C=O) groups is 5. The fraction of sp³-hybridized carbons (Fsp3) is 0.750. The summed E-state index contributed by atoms with van der Waals surface area (Å²) in [4.78, 5) is 68.3. The zero-order chi connectivity index (χ0) is 23.2. The predicted octanol–water partition coefficient (Wildman–Crippen LogP) is -1.12. The van der Waals surface area contributed by atoms with Crippen LogP contribution in [0, 0.1) is 5.41 Å². The van der Waals surface area contributed by atoms with E-state index in [1.807, 2.05) is 27.9 Å². The molecule has 0 aliphatic carbocycles. The van der Waals surface area contributed by atoms with Gasteiger partial charge in [-0.3, -0.25) is 24.1 Å². The summed E-state index contributed by atoms with van der Waals surface area (Å²) in [5.74, 6) is -2.32. The van der Waals surface area contributed by atoms with Gasteiger partial charge in [0.05, 0.1) is 11.8 Å². The molecule has 11 nitrogen and oxygen atoms in total. The maximum Gasteiger partial charge on any atom is 0.334 e. The van der Waals surface area contributed by atoms with Gasteiger partial charge in [-0.15, -0.1) is 5.06 Å². The van der Waals surface area contributed by atoms with E-state index in [1.54, 1.807) is 0 Å². The molecule has 1 atom stereocenters. The Hall–Kier alpha value is -2.53. The van der Waals surface area contributed by atoms with Gasteiger partial charge in [0.15, 0.2) is 0 Å². The number of nitrogens with one attached hydrogen (secondary N) is 2. The second-order valence-electron chi connectivity index (χ2n) is 8.63. The summed E-state index contributed by atoms with van der Waals surface area (Å²) >= 11 is 0. The van der Waals surface area contributed by atoms with Gasteiger partial charge in [0.25, 0.3) is 11.8 Å². The lowest BCUT2D eigenvalue weighted by atomic mass is 9.83. The lowest BCUT2D eigenvalue weighted by Gasteiger charge is -2.45. The monoisotopic (exact) mass is 447 g/mol. The highest BCUT2D eigenvalue weighted by molar-refractivity contribution is 6.01. The van der Waals surface area contributed by atoms with Gasteiger partial charge in [-0.2, -0.15) is 0 Å². The fourth-order valence-corrected chi connectivity index (χ4v) is 3.66. The summed E-state index contributed by atoms with van der Waals surface area (Å²) in [5, 5.41) is 5.86. The van der Waals surface area contributed by atoms with Crippen LogP contribution in [0.15, 0.2) is 0 Å². The van der Waals surface area contributed by atoms with Crippen molar-refractivity contribution in [3.05, 3.63) is 0 Å². The number of carbonyl (C=O) groups excluding carboxylic acids is 5. The number of hydrogen-bond acceptors (Lipinski definition) is 8. The molecule has 11 heteroatoms. The van der Waals surface area contributed by atoms with Gasteiger partial charge in [0.1, 0.15) is 0 Å². The van der Waals surface area contributed by atoms with Gasteiger partial charge in [-0.25, -0.2) is 4.79 Å². The number of rotatable bonds is 9. The summed E-state index contributed by atoms with van der Waals surface area (Å²) < 4.78 is 0. The van der Waals surface area contributed by atoms with Crippen LogP contribution in [0.1, 0.15) is 39.5 Å². The molecule has 2 aliphatic rings. The lowest BCUT2D eigenvalue weighted by Crippen LogP contribution is -2.60. The van der Waals surface area contributed by atoms with E-state index >= 15 is 0 Å². The van der Waals surface area contributed by atoms with E-state index in [0.717, 1.165) is 19.6 Å². The Morgan fingerprint density at radius 1 is 1.00 bits per heavy atom. The van der Waals surface area contributed by atoms with Crippen molar-refractivity contribution in [1.29, 1.82) is 0 Å². The van der Waals surface area contributed by atoms with Crippen LogP contribution in [0.2, 0.25) is 0 Å². The van der Waals surface area contributed by atoms with E-state index in [9.17, 15) is 24.0 Å². The number of nitrogens with zero attached hydrogens (tertiary/aromatic N) is 3. The molecule has 31 heavy (non-hydrogen) atoms. The Kier molecular flexibility index (Phi) is 8.52. The van der Waals surface area contributed by atoms with Crippen LogP contribution in [-0.4, -0.2) is 97.3 Å². The van der Waals surface area contributed by atoms with Crippen molar-refractivity contribution in [3.63, 3.8) is 0 Å². The van der Waals surface area contributed by atoms with E-state index in [4.69, 9.17) is 4.84 Å². The molecule has 0 spiro atoms. The second kappa shape index (κ2) is 10.7. The molecule has 0 aromatic rings. The Morgan fingerprint density at radius 2 is 1.61 bits per heavy atom. The standard InChI is InChI=1S/C20H33N5O6/c1-20(2,14-13-23(3)11-12-24(14)4)19(30)22-9-7-15(26)21-10-8-18(29)31-25-16(27)5-6-17(25)28/h14H,5-13H2,1-4H3,(H,21,26)(H,22,30)/i3+1,4+1,8+1,11+1,12+1,18+1,21+1,23+1. The number of hydroxylamine groups is 2. The molecule has 2 rings (SSSR count). The molecule has 0 aromatic heterocycles. The number of imide groups is 1. The molecular formula is C20H33N5O6. The molecule has 0 bridgehead atoms. The van der Waals surface area contributed by atoms with E-state index in [2.05, 4.69) is 20.4 Å². The third-order valence-corrected chi connectivity index (χ3v) is 5.76. The van der Waals surface area contributed by atoms with Gasteiger partial charge in [0, 0.05) is 58.0 Å². The summed E-state index contributed by atoms with van der Waals surface area (Å²) in [6.07, 6.45) is -0.0533. The highest BCUT2D eigenvalue weighted by Crippen LogP contribution is 2.27. The third kappa shape index (κ3) is 6.73. The number of likely N-dealkylation sites (N-methyl/N-ethyl adjacent to an activating group) is 2. The van der Waals surface area contributed by atoms with E-state index in [0.29, 0.717) is 5.06 Å².